The van der Waals surface area contributed by atoms with Crippen molar-refractivity contribution < 1.29 is 9.47 Å². The quantitative estimate of drug-likeness (QED) is 0.693. The van der Waals surface area contributed by atoms with Crippen LogP contribution in [-0.2, 0) is 9.47 Å². The second kappa shape index (κ2) is 8.87. The molecule has 1 saturated heterocycles. The molecule has 1 heterocycles. The number of likely N-dealkylation sites (tertiary alicyclic amines) is 1. The molecule has 1 atom stereocenters. The zero-order valence-electron chi connectivity index (χ0n) is 12.9. The van der Waals surface area contributed by atoms with Gasteiger partial charge >= 0.3 is 0 Å². The van der Waals surface area contributed by atoms with Crippen molar-refractivity contribution in [3.63, 3.8) is 0 Å². The first-order valence-electron chi connectivity index (χ1n) is 7.30. The van der Waals surface area contributed by atoms with Crippen molar-refractivity contribution in [1.29, 1.82) is 0 Å². The molecule has 0 aromatic carbocycles. The minimum Gasteiger partial charge on any atom is -0.383 e. The maximum absolute atomic E-state index is 6.16. The zero-order chi connectivity index (χ0) is 14.1. The molecule has 1 rings (SSSR count). The molecule has 0 aromatic heterocycles. The minimum atomic E-state index is 0.113. The van der Waals surface area contributed by atoms with Crippen molar-refractivity contribution in [3.05, 3.63) is 0 Å². The average Bonchev–Trinajstić information content (AvgIpc) is 2.62. The number of nitrogens with two attached hydrogens (primary N) is 1. The van der Waals surface area contributed by atoms with Gasteiger partial charge < -0.3 is 20.1 Å². The smallest absolute Gasteiger partial charge is 0.0589 e. The zero-order valence-corrected chi connectivity index (χ0v) is 12.9. The molecule has 0 aromatic rings. The van der Waals surface area contributed by atoms with Crippen molar-refractivity contribution in [3.8, 4) is 0 Å². The Balaban J connectivity index is 2.72. The van der Waals surface area contributed by atoms with Gasteiger partial charge in [0.05, 0.1) is 13.2 Å². The van der Waals surface area contributed by atoms with Crippen LogP contribution in [0.4, 0.5) is 0 Å². The van der Waals surface area contributed by atoms with E-state index >= 15 is 0 Å². The van der Waals surface area contributed by atoms with Gasteiger partial charge in [-0.3, -0.25) is 4.90 Å². The first-order chi connectivity index (χ1) is 9.18. The fourth-order valence-electron chi connectivity index (χ4n) is 2.95. The number of nitrogens with zero attached hydrogens (tertiary/aromatic N) is 2. The van der Waals surface area contributed by atoms with Crippen LogP contribution in [0.15, 0.2) is 0 Å². The van der Waals surface area contributed by atoms with Crippen LogP contribution in [0.3, 0.4) is 0 Å². The molecule has 0 aliphatic carbocycles. The van der Waals surface area contributed by atoms with Crippen LogP contribution in [-0.4, -0.2) is 82.5 Å². The number of methoxy groups -OCH3 is 2. The molecule has 1 aliphatic rings. The van der Waals surface area contributed by atoms with Gasteiger partial charge in [-0.1, -0.05) is 0 Å². The van der Waals surface area contributed by atoms with Gasteiger partial charge in [0.2, 0.25) is 0 Å². The predicted molar refractivity (Wildman–Crippen MR) is 78.5 cm³/mol. The fourth-order valence-corrected chi connectivity index (χ4v) is 2.95. The Labute approximate surface area is 118 Å². The van der Waals surface area contributed by atoms with Gasteiger partial charge in [-0.15, -0.1) is 0 Å². The van der Waals surface area contributed by atoms with Crippen LogP contribution in [0.2, 0.25) is 0 Å². The molecule has 5 heteroatoms. The number of rotatable bonds is 8. The summed E-state index contributed by atoms with van der Waals surface area (Å²) in [7, 11) is 5.70. The maximum Gasteiger partial charge on any atom is 0.0589 e. The minimum absolute atomic E-state index is 0.113. The summed E-state index contributed by atoms with van der Waals surface area (Å²) in [5.41, 5.74) is 6.27. The van der Waals surface area contributed by atoms with Crippen LogP contribution in [0, 0.1) is 0 Å². The second-order valence-electron chi connectivity index (χ2n) is 5.56. The highest BCUT2D eigenvalue weighted by Gasteiger charge is 2.36. The van der Waals surface area contributed by atoms with Gasteiger partial charge in [0, 0.05) is 39.4 Å². The largest absolute Gasteiger partial charge is 0.383 e. The third-order valence-corrected chi connectivity index (χ3v) is 4.32. The molecule has 0 spiro atoms. The Morgan fingerprint density at radius 3 is 2.26 bits per heavy atom. The third-order valence-electron chi connectivity index (χ3n) is 4.32. The van der Waals surface area contributed by atoms with E-state index in [9.17, 15) is 0 Å². The Bertz CT molecular complexity index is 233. The van der Waals surface area contributed by atoms with Gasteiger partial charge in [-0.05, 0) is 39.4 Å². The van der Waals surface area contributed by atoms with Crippen molar-refractivity contribution in [2.24, 2.45) is 5.73 Å². The summed E-state index contributed by atoms with van der Waals surface area (Å²) in [6, 6.07) is 0. The number of hydrogen-bond acceptors (Lipinski definition) is 5. The van der Waals surface area contributed by atoms with E-state index in [-0.39, 0.29) is 5.54 Å². The lowest BCUT2D eigenvalue weighted by molar-refractivity contribution is 0.0284. The highest BCUT2D eigenvalue weighted by molar-refractivity contribution is 4.94. The Morgan fingerprint density at radius 2 is 1.74 bits per heavy atom. The fraction of sp³-hybridized carbons (Fsp3) is 1.00. The normalized spacial score (nSPS) is 25.7. The summed E-state index contributed by atoms with van der Waals surface area (Å²) in [6.07, 6.45) is 3.51. The van der Waals surface area contributed by atoms with Crippen LogP contribution >= 0.6 is 0 Å². The van der Waals surface area contributed by atoms with Crippen LogP contribution in [0.25, 0.3) is 0 Å². The molecule has 1 aliphatic heterocycles. The van der Waals surface area contributed by atoms with E-state index in [4.69, 9.17) is 15.2 Å². The Morgan fingerprint density at radius 1 is 1.11 bits per heavy atom. The van der Waals surface area contributed by atoms with Gasteiger partial charge in [-0.25, -0.2) is 0 Å². The van der Waals surface area contributed by atoms with Crippen molar-refractivity contribution in [2.45, 2.75) is 24.8 Å². The molecule has 1 fully saturated rings. The molecule has 5 nitrogen and oxygen atoms in total. The first kappa shape index (κ1) is 16.9. The topological polar surface area (TPSA) is 51.0 Å². The van der Waals surface area contributed by atoms with E-state index in [1.807, 2.05) is 0 Å². The Kier molecular flexibility index (Phi) is 7.87. The summed E-state index contributed by atoms with van der Waals surface area (Å²) in [4.78, 5) is 4.89. The van der Waals surface area contributed by atoms with E-state index in [0.717, 1.165) is 39.3 Å². The highest BCUT2D eigenvalue weighted by atomic mass is 16.5. The van der Waals surface area contributed by atoms with Crippen molar-refractivity contribution in [1.82, 2.24) is 9.80 Å². The van der Waals surface area contributed by atoms with E-state index in [1.165, 1.54) is 19.4 Å². The summed E-state index contributed by atoms with van der Waals surface area (Å²) >= 11 is 0. The standard InChI is InChI=1S/C14H31N3O2/c1-16-7-4-5-14(13-15,6-8-16)17(9-11-18-2)10-12-19-3/h4-13,15H2,1-3H3. The number of hydrogen-bond donors (Lipinski definition) is 1. The molecule has 19 heavy (non-hydrogen) atoms. The van der Waals surface area contributed by atoms with Crippen LogP contribution in [0.1, 0.15) is 19.3 Å². The lowest BCUT2D eigenvalue weighted by Crippen LogP contribution is -2.56. The van der Waals surface area contributed by atoms with Gasteiger partial charge in [-0.2, -0.15) is 0 Å². The lowest BCUT2D eigenvalue weighted by atomic mass is 9.88. The summed E-state index contributed by atoms with van der Waals surface area (Å²) in [5, 5.41) is 0. The molecule has 1 unspecified atom stereocenters. The second-order valence-corrected chi connectivity index (χ2v) is 5.56. The highest BCUT2D eigenvalue weighted by Crippen LogP contribution is 2.27. The Hall–Kier alpha value is -0.200. The van der Waals surface area contributed by atoms with Gasteiger partial charge in [0.1, 0.15) is 0 Å². The lowest BCUT2D eigenvalue weighted by Gasteiger charge is -2.43. The summed E-state index contributed by atoms with van der Waals surface area (Å²) in [6.45, 7) is 6.37. The molecular formula is C14H31N3O2. The van der Waals surface area contributed by atoms with Crippen LogP contribution in [0.5, 0.6) is 0 Å². The molecule has 0 amide bonds. The third kappa shape index (κ3) is 5.00. The van der Waals surface area contributed by atoms with E-state index in [2.05, 4.69) is 16.8 Å². The van der Waals surface area contributed by atoms with E-state index in [1.54, 1.807) is 14.2 Å². The van der Waals surface area contributed by atoms with Gasteiger partial charge in [0.25, 0.3) is 0 Å². The van der Waals surface area contributed by atoms with Crippen molar-refractivity contribution in [2.75, 3.05) is 67.2 Å². The molecule has 2 N–H and O–H groups in total. The number of ether oxygens (including phenoxy) is 2. The molecule has 0 bridgehead atoms. The molecule has 0 radical (unpaired) electrons. The van der Waals surface area contributed by atoms with E-state index in [0.29, 0.717) is 6.54 Å². The summed E-state index contributed by atoms with van der Waals surface area (Å²) in [5.74, 6) is 0. The van der Waals surface area contributed by atoms with Gasteiger partial charge in [0.15, 0.2) is 0 Å². The molecule has 114 valence electrons. The monoisotopic (exact) mass is 273 g/mol. The predicted octanol–water partition coefficient (Wildman–Crippen LogP) is 0.394. The summed E-state index contributed by atoms with van der Waals surface area (Å²) < 4.78 is 10.5. The molecular weight excluding hydrogens is 242 g/mol. The SMILES string of the molecule is COCCN(CCOC)C1(CN)CCCN(C)CC1. The average molecular weight is 273 g/mol. The molecule has 0 saturated carbocycles. The van der Waals surface area contributed by atoms with Crippen molar-refractivity contribution >= 4 is 0 Å². The maximum atomic E-state index is 6.16. The van der Waals surface area contributed by atoms with Crippen LogP contribution < -0.4 is 5.73 Å². The first-order valence-corrected chi connectivity index (χ1v) is 7.30. The van der Waals surface area contributed by atoms with E-state index < -0.39 is 0 Å².